The minimum atomic E-state index is 0.550. The standard InChI is InChI=1S/C87H51N7/c88-52-53-18-15-21-59(44-53)87-89-85(84-69-30-16-19-54-20-17-31-70(83(54)69)86(84)90-87)60-45-63(93-77-34-13-9-28-67(77)73-49-57(38-42-81(73)93)55-36-40-79-71(47-55)65-26-7-11-32-75(65)91(79)61-22-3-1-4-23-61)51-64(46-60)94-78-35-14-10-29-68(78)74-50-58(39-43-82(74)94)56-37-41-80-72(48-56)66-27-8-12-33-76(66)92(80)62-24-5-2-6-25-62/h1-51H. The van der Waals surface area contributed by atoms with Gasteiger partial charge in [-0.15, -0.1) is 0 Å². The van der Waals surface area contributed by atoms with E-state index >= 15 is 0 Å². The third-order valence-corrected chi connectivity index (χ3v) is 19.7. The van der Waals surface area contributed by atoms with Crippen molar-refractivity contribution < 1.29 is 0 Å². The second-order valence-electron chi connectivity index (χ2n) is 24.8. The molecule has 1 aliphatic carbocycles. The molecule has 19 aromatic rings. The van der Waals surface area contributed by atoms with Gasteiger partial charge in [0.15, 0.2) is 5.82 Å². The van der Waals surface area contributed by atoms with Crippen LogP contribution >= 0.6 is 0 Å². The molecule has 0 unspecified atom stereocenters. The molecule has 0 atom stereocenters. The van der Waals surface area contributed by atoms with Crippen LogP contribution in [0.15, 0.2) is 309 Å². The molecule has 14 aromatic carbocycles. The predicted octanol–water partition coefficient (Wildman–Crippen LogP) is 22.2. The summed E-state index contributed by atoms with van der Waals surface area (Å²) < 4.78 is 9.65. The summed E-state index contributed by atoms with van der Waals surface area (Å²) in [6, 6.07) is 114. The molecule has 7 heteroatoms. The molecular formula is C87H51N7. The maximum Gasteiger partial charge on any atom is 0.160 e. The van der Waals surface area contributed by atoms with Gasteiger partial charge in [0, 0.05) is 88.1 Å². The Hall–Kier alpha value is -12.9. The van der Waals surface area contributed by atoms with E-state index in [1.165, 1.54) is 43.6 Å². The fraction of sp³-hybridized carbons (Fsp3) is 0. The molecule has 0 saturated heterocycles. The van der Waals surface area contributed by atoms with Gasteiger partial charge in [-0.25, -0.2) is 9.97 Å². The number of benzene rings is 14. The smallest absolute Gasteiger partial charge is 0.160 e. The van der Waals surface area contributed by atoms with Crippen molar-refractivity contribution in [2.75, 3.05) is 0 Å². The van der Waals surface area contributed by atoms with Crippen molar-refractivity contribution in [3.63, 3.8) is 0 Å². The van der Waals surface area contributed by atoms with Crippen LogP contribution in [-0.4, -0.2) is 28.2 Å². The zero-order valence-corrected chi connectivity index (χ0v) is 50.6. The van der Waals surface area contributed by atoms with E-state index in [1.54, 1.807) is 0 Å². The molecule has 7 nitrogen and oxygen atoms in total. The topological polar surface area (TPSA) is 69.3 Å². The first-order valence-corrected chi connectivity index (χ1v) is 31.9. The lowest BCUT2D eigenvalue weighted by Crippen LogP contribution is -2.02. The van der Waals surface area contributed by atoms with Crippen molar-refractivity contribution in [3.8, 4) is 96.1 Å². The summed E-state index contributed by atoms with van der Waals surface area (Å²) in [5.74, 6) is 0.557. The summed E-state index contributed by atoms with van der Waals surface area (Å²) in [5.41, 5.74) is 25.0. The summed E-state index contributed by atoms with van der Waals surface area (Å²) in [5, 5.41) is 22.0. The molecule has 0 amide bonds. The zero-order chi connectivity index (χ0) is 61.7. The lowest BCUT2D eigenvalue weighted by Gasteiger charge is -2.18. The van der Waals surface area contributed by atoms with Crippen LogP contribution in [0.1, 0.15) is 5.56 Å². The van der Waals surface area contributed by atoms with Gasteiger partial charge in [-0.2, -0.15) is 5.26 Å². The molecule has 0 aliphatic heterocycles. The van der Waals surface area contributed by atoms with E-state index in [1.807, 2.05) is 24.3 Å². The summed E-state index contributed by atoms with van der Waals surface area (Å²) >= 11 is 0. The Morgan fingerprint density at radius 3 is 1.09 bits per heavy atom. The maximum atomic E-state index is 10.2. The lowest BCUT2D eigenvalue weighted by molar-refractivity contribution is 1.13. The molecule has 20 rings (SSSR count). The molecule has 5 heterocycles. The monoisotopic (exact) mass is 1190 g/mol. The Morgan fingerprint density at radius 2 is 0.638 bits per heavy atom. The molecule has 0 spiro atoms. The van der Waals surface area contributed by atoms with Crippen LogP contribution in [0.2, 0.25) is 0 Å². The van der Waals surface area contributed by atoms with E-state index in [0.717, 1.165) is 139 Å². The highest BCUT2D eigenvalue weighted by atomic mass is 15.0. The number of hydrogen-bond donors (Lipinski definition) is 0. The summed E-state index contributed by atoms with van der Waals surface area (Å²) in [6.45, 7) is 0. The van der Waals surface area contributed by atoms with E-state index in [4.69, 9.17) is 9.97 Å². The molecule has 0 bridgehead atoms. The van der Waals surface area contributed by atoms with Crippen molar-refractivity contribution >= 4 is 98.0 Å². The Morgan fingerprint density at radius 1 is 0.255 bits per heavy atom. The Balaban J connectivity index is 0.820. The maximum absolute atomic E-state index is 10.2. The van der Waals surface area contributed by atoms with Crippen molar-refractivity contribution in [2.45, 2.75) is 0 Å². The molecule has 0 radical (unpaired) electrons. The van der Waals surface area contributed by atoms with E-state index in [9.17, 15) is 5.26 Å². The second kappa shape index (κ2) is 20.1. The number of nitrogens with zero attached hydrogens (tertiary/aromatic N) is 7. The van der Waals surface area contributed by atoms with Crippen LogP contribution in [0.3, 0.4) is 0 Å². The van der Waals surface area contributed by atoms with Crippen molar-refractivity contribution in [1.29, 1.82) is 5.26 Å². The average molecular weight is 1190 g/mol. The number of para-hydroxylation sites is 6. The van der Waals surface area contributed by atoms with Gasteiger partial charge in [0.2, 0.25) is 0 Å². The number of hydrogen-bond acceptors (Lipinski definition) is 3. The number of nitriles is 1. The van der Waals surface area contributed by atoms with Crippen LogP contribution < -0.4 is 0 Å². The van der Waals surface area contributed by atoms with Gasteiger partial charge >= 0.3 is 0 Å². The van der Waals surface area contributed by atoms with Crippen LogP contribution in [-0.2, 0) is 0 Å². The zero-order valence-electron chi connectivity index (χ0n) is 50.6. The quantitative estimate of drug-likeness (QED) is 0.152. The third-order valence-electron chi connectivity index (χ3n) is 19.7. The minimum Gasteiger partial charge on any atom is -0.309 e. The first-order chi connectivity index (χ1) is 46.6. The fourth-order valence-electron chi connectivity index (χ4n) is 15.6. The van der Waals surface area contributed by atoms with Gasteiger partial charge in [-0.05, 0) is 166 Å². The molecule has 0 saturated carbocycles. The number of aromatic nitrogens is 6. The van der Waals surface area contributed by atoms with Gasteiger partial charge in [-0.3, -0.25) is 0 Å². The van der Waals surface area contributed by atoms with Gasteiger partial charge in [0.1, 0.15) is 0 Å². The lowest BCUT2D eigenvalue weighted by atomic mass is 9.98. The first kappa shape index (κ1) is 51.9. The predicted molar refractivity (Wildman–Crippen MR) is 388 cm³/mol. The molecule has 0 N–H and O–H groups in total. The van der Waals surface area contributed by atoms with Crippen LogP contribution in [0.5, 0.6) is 0 Å². The van der Waals surface area contributed by atoms with E-state index in [0.29, 0.717) is 11.4 Å². The average Bonchev–Trinajstić information content (AvgIpc) is 1.57. The molecule has 5 aromatic heterocycles. The Bertz CT molecular complexity index is 6190. The molecular weight excluding hydrogens is 1140 g/mol. The van der Waals surface area contributed by atoms with Crippen molar-refractivity contribution in [3.05, 3.63) is 315 Å². The van der Waals surface area contributed by atoms with Crippen LogP contribution in [0.4, 0.5) is 0 Å². The third kappa shape index (κ3) is 7.65. The number of rotatable bonds is 8. The highest BCUT2D eigenvalue weighted by Crippen LogP contribution is 2.52. The minimum absolute atomic E-state index is 0.550. The highest BCUT2D eigenvalue weighted by molar-refractivity contribution is 6.19. The number of fused-ring (bicyclic) bond motifs is 15. The molecule has 434 valence electrons. The first-order valence-electron chi connectivity index (χ1n) is 31.9. The molecule has 0 fully saturated rings. The summed E-state index contributed by atoms with van der Waals surface area (Å²) in [6.07, 6.45) is 0. The van der Waals surface area contributed by atoms with Gasteiger partial charge < -0.3 is 18.3 Å². The normalized spacial score (nSPS) is 12.0. The Labute approximate surface area is 539 Å². The second-order valence-corrected chi connectivity index (χ2v) is 24.8. The highest BCUT2D eigenvalue weighted by Gasteiger charge is 2.30. The molecule has 1 aliphatic rings. The van der Waals surface area contributed by atoms with Gasteiger partial charge in [0.05, 0.1) is 67.2 Å². The SMILES string of the molecule is N#Cc1cccc(-c2nc(-c3cc(-n4c5ccccc5c5cc(-c6ccc7c(c6)c6ccccc6n7-c6ccccc6)ccc54)cc(-n4c5ccccc5c5cc(-c6ccc7c(c6)c6ccccc6n7-c6ccccc6)ccc54)c3)c3c(n2)-c2cccc4cccc-3c24)c1. The van der Waals surface area contributed by atoms with Crippen molar-refractivity contribution in [1.82, 2.24) is 28.2 Å². The molecule has 94 heavy (non-hydrogen) atoms. The van der Waals surface area contributed by atoms with Crippen LogP contribution in [0, 0.1) is 11.3 Å². The largest absolute Gasteiger partial charge is 0.309 e. The summed E-state index contributed by atoms with van der Waals surface area (Å²) in [4.78, 5) is 11.2. The fourth-order valence-corrected chi connectivity index (χ4v) is 15.6. The van der Waals surface area contributed by atoms with Gasteiger partial charge in [0.25, 0.3) is 0 Å². The van der Waals surface area contributed by atoms with Crippen LogP contribution in [0.25, 0.3) is 188 Å². The van der Waals surface area contributed by atoms with Crippen molar-refractivity contribution in [2.24, 2.45) is 0 Å². The summed E-state index contributed by atoms with van der Waals surface area (Å²) in [7, 11) is 0. The van der Waals surface area contributed by atoms with E-state index in [-0.39, 0.29) is 0 Å². The van der Waals surface area contributed by atoms with Gasteiger partial charge in [-0.1, -0.05) is 182 Å². The van der Waals surface area contributed by atoms with E-state index < -0.39 is 0 Å². The Kier molecular flexibility index (Phi) is 11.1. The van der Waals surface area contributed by atoms with E-state index in [2.05, 4.69) is 309 Å².